The van der Waals surface area contributed by atoms with Crippen molar-refractivity contribution in [1.82, 2.24) is 19.5 Å². The Hall–Kier alpha value is -1.60. The minimum atomic E-state index is -5.72. The first kappa shape index (κ1) is 26.0. The topological polar surface area (TPSA) is 317 Å². The highest BCUT2D eigenvalue weighted by molar-refractivity contribution is 7.66. The van der Waals surface area contributed by atoms with Gasteiger partial charge in [0.25, 0.3) is 0 Å². The zero-order valence-electron chi connectivity index (χ0n) is 15.9. The number of phosphoric ester groups is 1. The smallest absolute Gasteiger partial charge is 0.387 e. The molecule has 1 saturated heterocycles. The van der Waals surface area contributed by atoms with Gasteiger partial charge in [0.15, 0.2) is 23.2 Å². The second-order valence-corrected chi connectivity index (χ2v) is 10.8. The molecule has 2 unspecified atom stereocenters. The van der Waals surface area contributed by atoms with Gasteiger partial charge in [-0.3, -0.25) is 9.09 Å². The number of imidazole rings is 1. The van der Waals surface area contributed by atoms with Crippen LogP contribution in [0.25, 0.3) is 11.2 Å². The molecular formula is C10H18N7O13P3. The summed E-state index contributed by atoms with van der Waals surface area (Å²) in [6.07, 6.45) is -5.07. The third-order valence-electron chi connectivity index (χ3n) is 4.00. The highest BCUT2D eigenvalue weighted by Gasteiger charge is 2.47. The number of hydrogen-bond acceptors (Lipinski definition) is 15. The predicted octanol–water partition coefficient (Wildman–Crippen LogP) is -2.34. The number of nitrogen functional groups attached to an aromatic ring is 2. The van der Waals surface area contributed by atoms with Gasteiger partial charge in [0.05, 0.1) is 12.9 Å². The molecule has 0 spiro atoms. The van der Waals surface area contributed by atoms with Crippen molar-refractivity contribution in [2.45, 2.75) is 24.5 Å². The van der Waals surface area contributed by atoms with E-state index in [2.05, 4.69) is 33.5 Å². The molecule has 23 heteroatoms. The zero-order valence-corrected chi connectivity index (χ0v) is 18.6. The van der Waals surface area contributed by atoms with E-state index in [4.69, 9.17) is 31.0 Å². The molecule has 0 aromatic carbocycles. The third-order valence-corrected chi connectivity index (χ3v) is 7.81. The van der Waals surface area contributed by atoms with Crippen molar-refractivity contribution in [3.05, 3.63) is 6.33 Å². The van der Waals surface area contributed by atoms with Gasteiger partial charge < -0.3 is 45.7 Å². The van der Waals surface area contributed by atoms with Gasteiger partial charge in [-0.1, -0.05) is 0 Å². The molecule has 2 aromatic rings. The summed E-state index contributed by atoms with van der Waals surface area (Å²) in [5.74, 6) is 5.18. The number of hydrogen-bond donors (Lipinski definition) is 9. The Bertz CT molecular complexity index is 1170. The summed E-state index contributed by atoms with van der Waals surface area (Å²) in [6.45, 7) is -0.988. The van der Waals surface area contributed by atoms with Crippen molar-refractivity contribution >= 4 is 46.4 Å². The Morgan fingerprint density at radius 1 is 1.09 bits per heavy atom. The average molecular weight is 537 g/mol. The van der Waals surface area contributed by atoms with Gasteiger partial charge in [-0.2, -0.15) is 18.6 Å². The molecule has 20 nitrogen and oxygen atoms in total. The van der Waals surface area contributed by atoms with Crippen molar-refractivity contribution in [3.63, 3.8) is 0 Å². The average Bonchev–Trinajstić information content (AvgIpc) is 3.18. The molecule has 1 fully saturated rings. The Morgan fingerprint density at radius 2 is 1.76 bits per heavy atom. The SMILES string of the molecule is NNc1nc(N)nc2c1ncn2[C@@H]1O[C@H](COP(=O)(O)OP(=O)(O)OP(=O)(O)O)[C@@H](O)[C@H]1O. The number of rotatable bonds is 9. The lowest BCUT2D eigenvalue weighted by Gasteiger charge is -2.19. The molecule has 33 heavy (non-hydrogen) atoms. The molecule has 11 N–H and O–H groups in total. The molecule has 0 bridgehead atoms. The number of aliphatic hydroxyl groups excluding tert-OH is 2. The van der Waals surface area contributed by atoms with Crippen LogP contribution in [-0.4, -0.2) is 74.2 Å². The van der Waals surface area contributed by atoms with Crippen molar-refractivity contribution in [2.75, 3.05) is 17.8 Å². The normalized spacial score (nSPS) is 27.4. The van der Waals surface area contributed by atoms with E-state index >= 15 is 0 Å². The van der Waals surface area contributed by atoms with Crippen LogP contribution in [0.5, 0.6) is 0 Å². The number of fused-ring (bicyclic) bond motifs is 1. The fraction of sp³-hybridized carbons (Fsp3) is 0.500. The van der Waals surface area contributed by atoms with E-state index in [-0.39, 0.29) is 22.9 Å². The van der Waals surface area contributed by atoms with Crippen LogP contribution in [0, 0.1) is 0 Å². The first-order valence-corrected chi connectivity index (χ1v) is 12.9. The lowest BCUT2D eigenvalue weighted by Crippen LogP contribution is -2.33. The fourth-order valence-corrected chi connectivity index (χ4v) is 5.82. The monoisotopic (exact) mass is 537 g/mol. The van der Waals surface area contributed by atoms with Crippen molar-refractivity contribution < 1.29 is 61.4 Å². The van der Waals surface area contributed by atoms with Crippen molar-refractivity contribution in [1.29, 1.82) is 0 Å². The van der Waals surface area contributed by atoms with Crippen LogP contribution in [-0.2, 0) is 31.6 Å². The number of phosphoric acid groups is 3. The third kappa shape index (κ3) is 6.10. The number of hydrazine groups is 1. The van der Waals surface area contributed by atoms with E-state index in [0.29, 0.717) is 0 Å². The summed E-state index contributed by atoms with van der Waals surface area (Å²) >= 11 is 0. The van der Waals surface area contributed by atoms with Gasteiger partial charge in [0.1, 0.15) is 18.3 Å². The fourth-order valence-electron chi connectivity index (χ4n) is 2.79. The van der Waals surface area contributed by atoms with E-state index < -0.39 is 54.6 Å². The second-order valence-electron chi connectivity index (χ2n) is 6.33. The number of aliphatic hydroxyl groups is 2. The van der Waals surface area contributed by atoms with Crippen molar-refractivity contribution in [2.24, 2.45) is 5.84 Å². The molecule has 3 rings (SSSR count). The maximum absolute atomic E-state index is 11.8. The summed E-state index contributed by atoms with van der Waals surface area (Å²) in [4.78, 5) is 47.5. The van der Waals surface area contributed by atoms with Crippen LogP contribution >= 0.6 is 23.5 Å². The van der Waals surface area contributed by atoms with Gasteiger partial charge in [-0.05, 0) is 0 Å². The molecule has 2 aromatic heterocycles. The maximum Gasteiger partial charge on any atom is 0.490 e. The van der Waals surface area contributed by atoms with E-state index in [1.807, 2.05) is 0 Å². The van der Waals surface area contributed by atoms with Gasteiger partial charge in [-0.15, -0.1) is 0 Å². The molecule has 1 aliphatic heterocycles. The summed E-state index contributed by atoms with van der Waals surface area (Å²) in [5.41, 5.74) is 8.03. The van der Waals surface area contributed by atoms with Crippen LogP contribution in [0.2, 0.25) is 0 Å². The van der Waals surface area contributed by atoms with Gasteiger partial charge in [0.2, 0.25) is 5.95 Å². The Kier molecular flexibility index (Phi) is 7.26. The molecule has 0 saturated carbocycles. The zero-order chi connectivity index (χ0) is 24.8. The molecule has 0 radical (unpaired) electrons. The van der Waals surface area contributed by atoms with Crippen LogP contribution in [0.1, 0.15) is 6.23 Å². The quantitative estimate of drug-likeness (QED) is 0.0918. The highest BCUT2D eigenvalue weighted by atomic mass is 31.3. The lowest BCUT2D eigenvalue weighted by atomic mass is 10.1. The molecule has 6 atom stereocenters. The molecule has 3 heterocycles. The second kappa shape index (κ2) is 9.21. The van der Waals surface area contributed by atoms with Gasteiger partial charge >= 0.3 is 23.5 Å². The number of nitrogens with zero attached hydrogens (tertiary/aromatic N) is 4. The lowest BCUT2D eigenvalue weighted by molar-refractivity contribution is -0.0503. The highest BCUT2D eigenvalue weighted by Crippen LogP contribution is 2.66. The van der Waals surface area contributed by atoms with Crippen molar-refractivity contribution in [3.8, 4) is 0 Å². The van der Waals surface area contributed by atoms with Gasteiger partial charge in [0, 0.05) is 0 Å². The van der Waals surface area contributed by atoms with E-state index in [0.717, 1.165) is 10.9 Å². The van der Waals surface area contributed by atoms with E-state index in [1.54, 1.807) is 0 Å². The summed E-state index contributed by atoms with van der Waals surface area (Å²) in [6, 6.07) is 0. The Labute approximate surface area is 182 Å². The number of aromatic nitrogens is 4. The molecule has 0 aliphatic carbocycles. The van der Waals surface area contributed by atoms with Crippen LogP contribution in [0.15, 0.2) is 6.33 Å². The summed E-state index contributed by atoms with van der Waals surface area (Å²) < 4.78 is 52.0. The molecule has 186 valence electrons. The first-order chi connectivity index (χ1) is 15.1. The standard InChI is InChI=1S/C10H18N7O13P3/c11-10-14-7(16-12)4-8(15-10)17(2-13-4)9-6(19)5(18)3(28-9)1-27-32(23,24)30-33(25,26)29-31(20,21)22/h2-3,5-6,9,18-19H,1,12H2,(H,23,24)(H,25,26)(H2,20,21,22)(H3,11,14,15,16)/t3-,5-,6-,9-/m1/s1. The van der Waals surface area contributed by atoms with E-state index in [1.165, 1.54) is 0 Å². The maximum atomic E-state index is 11.8. The summed E-state index contributed by atoms with van der Waals surface area (Å²) in [5, 5.41) is 20.6. The Morgan fingerprint density at radius 3 is 2.36 bits per heavy atom. The minimum Gasteiger partial charge on any atom is -0.387 e. The van der Waals surface area contributed by atoms with Crippen LogP contribution in [0.4, 0.5) is 11.8 Å². The Balaban J connectivity index is 1.73. The summed E-state index contributed by atoms with van der Waals surface area (Å²) in [7, 11) is -16.8. The number of ether oxygens (including phenoxy) is 1. The molecule has 1 aliphatic rings. The predicted molar refractivity (Wildman–Crippen MR) is 103 cm³/mol. The first-order valence-electron chi connectivity index (χ1n) is 8.39. The minimum absolute atomic E-state index is 0.0419. The number of anilines is 2. The number of nitrogens with one attached hydrogen (secondary N) is 1. The van der Waals surface area contributed by atoms with Crippen LogP contribution < -0.4 is 17.0 Å². The number of nitrogens with two attached hydrogens (primary N) is 2. The van der Waals surface area contributed by atoms with Gasteiger partial charge in [-0.25, -0.2) is 24.5 Å². The van der Waals surface area contributed by atoms with Crippen LogP contribution in [0.3, 0.4) is 0 Å². The largest absolute Gasteiger partial charge is 0.490 e. The van der Waals surface area contributed by atoms with E-state index in [9.17, 15) is 28.8 Å². The molecular weight excluding hydrogens is 519 g/mol. The molecule has 0 amide bonds.